The number of hydrogen-bond donors (Lipinski definition) is 1. The van der Waals surface area contributed by atoms with Crippen LogP contribution < -0.4 is 0 Å². The van der Waals surface area contributed by atoms with Crippen molar-refractivity contribution in [2.24, 2.45) is 5.11 Å². The van der Waals surface area contributed by atoms with Crippen molar-refractivity contribution in [3.05, 3.63) is 74.9 Å². The van der Waals surface area contributed by atoms with Gasteiger partial charge in [0.25, 0.3) is 0 Å². The Morgan fingerprint density at radius 2 is 1.88 bits per heavy atom. The third-order valence-corrected chi connectivity index (χ3v) is 3.67. The summed E-state index contributed by atoms with van der Waals surface area (Å²) < 4.78 is 38.8. The maximum Gasteiger partial charge on any atom is 0.417 e. The SMILES string of the molecule is [N-]=[N+]=N[C@H](C(=O)O)[C@@H](c1ccc(Cl)cc1)c1cncc(C(F)(F)F)c1. The van der Waals surface area contributed by atoms with Gasteiger partial charge in [-0.2, -0.15) is 13.2 Å². The quantitative estimate of drug-likeness (QED) is 0.471. The highest BCUT2D eigenvalue weighted by molar-refractivity contribution is 6.30. The van der Waals surface area contributed by atoms with E-state index in [2.05, 4.69) is 15.0 Å². The van der Waals surface area contributed by atoms with Gasteiger partial charge in [-0.05, 0) is 34.9 Å². The monoisotopic (exact) mass is 370 g/mol. The minimum absolute atomic E-state index is 0.0445. The van der Waals surface area contributed by atoms with Gasteiger partial charge in [0.15, 0.2) is 0 Å². The highest BCUT2D eigenvalue weighted by Crippen LogP contribution is 2.35. The Balaban J connectivity index is 2.64. The minimum Gasteiger partial charge on any atom is -0.481 e. The molecule has 2 atom stereocenters. The zero-order chi connectivity index (χ0) is 18.6. The van der Waals surface area contributed by atoms with Gasteiger partial charge in [-0.15, -0.1) is 0 Å². The van der Waals surface area contributed by atoms with Crippen molar-refractivity contribution in [2.45, 2.75) is 18.1 Å². The first kappa shape index (κ1) is 18.6. The highest BCUT2D eigenvalue weighted by atomic mass is 35.5. The van der Waals surface area contributed by atoms with Gasteiger partial charge < -0.3 is 5.11 Å². The molecule has 0 spiro atoms. The average Bonchev–Trinajstić information content (AvgIpc) is 2.55. The van der Waals surface area contributed by atoms with Crippen LogP contribution in [0.4, 0.5) is 13.2 Å². The summed E-state index contributed by atoms with van der Waals surface area (Å²) in [6, 6.07) is 4.96. The van der Waals surface area contributed by atoms with Gasteiger partial charge in [0.05, 0.1) is 5.56 Å². The van der Waals surface area contributed by atoms with E-state index in [1.165, 1.54) is 24.3 Å². The van der Waals surface area contributed by atoms with Gasteiger partial charge in [-0.3, -0.25) is 9.78 Å². The summed E-state index contributed by atoms with van der Waals surface area (Å²) in [6.07, 6.45) is -2.91. The Bertz CT molecular complexity index is 818. The fourth-order valence-corrected chi connectivity index (χ4v) is 2.45. The molecule has 1 aromatic carbocycles. The molecule has 0 radical (unpaired) electrons. The topological polar surface area (TPSA) is 99.0 Å². The lowest BCUT2D eigenvalue weighted by Crippen LogP contribution is -2.27. The Morgan fingerprint density at radius 1 is 1.24 bits per heavy atom. The largest absolute Gasteiger partial charge is 0.481 e. The molecule has 0 fully saturated rings. The van der Waals surface area contributed by atoms with E-state index in [0.717, 1.165) is 12.3 Å². The highest BCUT2D eigenvalue weighted by Gasteiger charge is 2.35. The van der Waals surface area contributed by atoms with Crippen LogP contribution in [0.15, 0.2) is 47.8 Å². The summed E-state index contributed by atoms with van der Waals surface area (Å²) in [5, 5.41) is 12.9. The van der Waals surface area contributed by atoms with Crippen molar-refractivity contribution >= 4 is 17.6 Å². The van der Waals surface area contributed by atoms with Gasteiger partial charge in [0.1, 0.15) is 6.04 Å². The number of rotatable bonds is 5. The molecule has 0 saturated carbocycles. The first-order valence-corrected chi connectivity index (χ1v) is 7.16. The summed E-state index contributed by atoms with van der Waals surface area (Å²) in [7, 11) is 0. The van der Waals surface area contributed by atoms with Crippen LogP contribution in [0.1, 0.15) is 22.6 Å². The van der Waals surface area contributed by atoms with Crippen LogP contribution in [0, 0.1) is 0 Å². The maximum absolute atomic E-state index is 12.9. The van der Waals surface area contributed by atoms with Crippen LogP contribution in [0.25, 0.3) is 10.4 Å². The van der Waals surface area contributed by atoms with E-state index in [9.17, 15) is 23.1 Å². The molecule has 0 amide bonds. The number of carbonyl (C=O) groups is 1. The van der Waals surface area contributed by atoms with Crippen molar-refractivity contribution < 1.29 is 23.1 Å². The van der Waals surface area contributed by atoms with Crippen LogP contribution in [-0.2, 0) is 11.0 Å². The molecular formula is C15H10ClF3N4O2. The Morgan fingerprint density at radius 3 is 2.40 bits per heavy atom. The number of hydrogen-bond acceptors (Lipinski definition) is 3. The molecule has 2 aromatic rings. The van der Waals surface area contributed by atoms with E-state index in [1.54, 1.807) is 0 Å². The second-order valence-electron chi connectivity index (χ2n) is 5.02. The van der Waals surface area contributed by atoms with Gasteiger partial charge in [0.2, 0.25) is 0 Å². The van der Waals surface area contributed by atoms with E-state index < -0.39 is 29.7 Å². The Labute approximate surface area is 144 Å². The molecule has 0 aliphatic carbocycles. The van der Waals surface area contributed by atoms with E-state index >= 15 is 0 Å². The summed E-state index contributed by atoms with van der Waals surface area (Å²) in [6.45, 7) is 0. The molecule has 0 unspecified atom stereocenters. The molecule has 0 saturated heterocycles. The van der Waals surface area contributed by atoms with Crippen LogP contribution in [0.2, 0.25) is 5.02 Å². The van der Waals surface area contributed by atoms with Crippen LogP contribution in [-0.4, -0.2) is 22.1 Å². The standard InChI is InChI=1S/C15H10ClF3N4O2/c16-11-3-1-8(2-4-11)12(13(14(24)25)22-23-20)9-5-10(7-21-6-9)15(17,18)19/h1-7,12-13H,(H,24,25)/t12-,13-/m0/s1. The smallest absolute Gasteiger partial charge is 0.417 e. The van der Waals surface area contributed by atoms with Gasteiger partial charge >= 0.3 is 12.1 Å². The van der Waals surface area contributed by atoms with E-state index in [1.807, 2.05) is 0 Å². The molecule has 1 aromatic heterocycles. The number of aromatic nitrogens is 1. The fraction of sp³-hybridized carbons (Fsp3) is 0.200. The number of carboxylic acid groups (broad SMARTS) is 1. The first-order valence-electron chi connectivity index (χ1n) is 6.78. The summed E-state index contributed by atoms with van der Waals surface area (Å²) in [4.78, 5) is 17.5. The number of alkyl halides is 3. The zero-order valence-electron chi connectivity index (χ0n) is 12.4. The molecule has 25 heavy (non-hydrogen) atoms. The van der Waals surface area contributed by atoms with E-state index in [4.69, 9.17) is 17.1 Å². The lowest BCUT2D eigenvalue weighted by atomic mass is 9.85. The van der Waals surface area contributed by atoms with Crippen molar-refractivity contribution in [1.29, 1.82) is 0 Å². The molecule has 0 aliphatic rings. The molecule has 6 nitrogen and oxygen atoms in total. The summed E-state index contributed by atoms with van der Waals surface area (Å²) >= 11 is 5.79. The Kier molecular flexibility index (Phi) is 5.51. The summed E-state index contributed by atoms with van der Waals surface area (Å²) in [5.41, 5.74) is 7.88. The number of pyridine rings is 1. The normalized spacial score (nSPS) is 13.6. The molecule has 2 rings (SSSR count). The van der Waals surface area contributed by atoms with Crippen molar-refractivity contribution in [2.75, 3.05) is 0 Å². The van der Waals surface area contributed by atoms with Crippen molar-refractivity contribution in [1.82, 2.24) is 4.98 Å². The predicted molar refractivity (Wildman–Crippen MR) is 83.1 cm³/mol. The van der Waals surface area contributed by atoms with Crippen molar-refractivity contribution in [3.8, 4) is 0 Å². The third-order valence-electron chi connectivity index (χ3n) is 3.42. The van der Waals surface area contributed by atoms with Crippen LogP contribution in [0.5, 0.6) is 0 Å². The number of aliphatic carboxylic acids is 1. The number of nitrogens with zero attached hydrogens (tertiary/aromatic N) is 4. The molecule has 0 aliphatic heterocycles. The molecule has 10 heteroatoms. The van der Waals surface area contributed by atoms with Gasteiger partial charge in [-0.25, -0.2) is 0 Å². The number of halogens is 4. The third kappa shape index (κ3) is 4.40. The number of azide groups is 1. The maximum atomic E-state index is 12.9. The summed E-state index contributed by atoms with van der Waals surface area (Å²) in [5.74, 6) is -2.64. The molecule has 0 bridgehead atoms. The minimum atomic E-state index is -4.65. The number of carboxylic acids is 1. The molecular weight excluding hydrogens is 361 g/mol. The lowest BCUT2D eigenvalue weighted by molar-refractivity contribution is -0.138. The van der Waals surface area contributed by atoms with Crippen LogP contribution in [0.3, 0.4) is 0 Å². The zero-order valence-corrected chi connectivity index (χ0v) is 13.1. The molecule has 1 N–H and O–H groups in total. The van der Waals surface area contributed by atoms with Crippen molar-refractivity contribution in [3.63, 3.8) is 0 Å². The van der Waals surface area contributed by atoms with E-state index in [-0.39, 0.29) is 5.56 Å². The van der Waals surface area contributed by atoms with E-state index in [0.29, 0.717) is 16.8 Å². The second kappa shape index (κ2) is 7.42. The fourth-order valence-electron chi connectivity index (χ4n) is 2.32. The molecule has 1 heterocycles. The number of benzene rings is 1. The second-order valence-corrected chi connectivity index (χ2v) is 5.46. The average molecular weight is 371 g/mol. The lowest BCUT2D eigenvalue weighted by Gasteiger charge is -2.22. The molecule has 130 valence electrons. The van der Waals surface area contributed by atoms with Gasteiger partial charge in [-0.1, -0.05) is 28.8 Å². The Hall–Kier alpha value is -2.77. The predicted octanol–water partition coefficient (Wildman–Crippen LogP) is 4.65. The van der Waals surface area contributed by atoms with Gasteiger partial charge in [0, 0.05) is 28.2 Å². The van der Waals surface area contributed by atoms with Crippen LogP contribution >= 0.6 is 11.6 Å². The first-order chi connectivity index (χ1) is 11.7.